The predicted molar refractivity (Wildman–Crippen MR) is 74.2 cm³/mol. The Bertz CT molecular complexity index is 539. The van der Waals surface area contributed by atoms with Gasteiger partial charge in [0.25, 0.3) is 0 Å². The van der Waals surface area contributed by atoms with Crippen LogP contribution >= 0.6 is 0 Å². The number of hydrogen-bond acceptors (Lipinski definition) is 4. The Morgan fingerprint density at radius 2 is 2.35 bits per heavy atom. The van der Waals surface area contributed by atoms with Crippen LogP contribution < -0.4 is 15.5 Å². The highest BCUT2D eigenvalue weighted by atomic mass is 19.1. The highest BCUT2D eigenvalue weighted by Crippen LogP contribution is 2.21. The van der Waals surface area contributed by atoms with E-state index in [1.807, 2.05) is 6.08 Å². The summed E-state index contributed by atoms with van der Waals surface area (Å²) in [5.74, 6) is 0.427. The summed E-state index contributed by atoms with van der Waals surface area (Å²) in [7, 11) is 1.46. The lowest BCUT2D eigenvalue weighted by Crippen LogP contribution is -2.40. The second-order valence-corrected chi connectivity index (χ2v) is 4.37. The number of ether oxygens (including phenoxy) is 1. The molecule has 1 fully saturated rings. The van der Waals surface area contributed by atoms with Gasteiger partial charge in [-0.1, -0.05) is 6.08 Å². The number of carbonyl (C=O) groups excluding carboxylic acids is 1. The Morgan fingerprint density at radius 1 is 1.55 bits per heavy atom. The number of hydrogen-bond donors (Lipinski definition) is 2. The molecule has 2 rings (SSSR count). The Hall–Kier alpha value is -2.21. The fraction of sp³-hybridized carbons (Fsp3) is 0.286. The van der Waals surface area contributed by atoms with Crippen molar-refractivity contribution in [3.05, 3.63) is 41.7 Å². The maximum absolute atomic E-state index is 13.2. The first-order valence-corrected chi connectivity index (χ1v) is 6.24. The Balaban J connectivity index is 2.29. The van der Waals surface area contributed by atoms with Crippen LogP contribution in [-0.4, -0.2) is 32.3 Å². The minimum absolute atomic E-state index is 0.368. The zero-order valence-electron chi connectivity index (χ0n) is 11.1. The van der Waals surface area contributed by atoms with Gasteiger partial charge >= 0.3 is 0 Å². The molecular weight excluding hydrogens is 261 g/mol. The molecule has 2 N–H and O–H groups in total. The standard InChI is InChI=1S/C14H16FN3O2/c1-20-14-6-11(15)3-4-12(14)13(18-17-9-19)5-2-10-7-16-8-10/h2-6,9-10,16H,7-8H2,1H3,(H,17,19)/b5-2-,18-13+. The van der Waals surface area contributed by atoms with Gasteiger partial charge in [-0.3, -0.25) is 4.79 Å². The number of allylic oxidation sites excluding steroid dienone is 1. The van der Waals surface area contributed by atoms with E-state index in [1.54, 1.807) is 12.1 Å². The van der Waals surface area contributed by atoms with Gasteiger partial charge in [-0.05, 0) is 18.2 Å². The first kappa shape index (κ1) is 14.2. The Morgan fingerprint density at radius 3 is 2.95 bits per heavy atom. The molecule has 0 saturated carbocycles. The van der Waals surface area contributed by atoms with Gasteiger partial charge in [-0.2, -0.15) is 5.10 Å². The van der Waals surface area contributed by atoms with Gasteiger partial charge in [0.15, 0.2) is 0 Å². The number of rotatable bonds is 6. The molecule has 0 spiro atoms. The molecule has 1 saturated heterocycles. The number of amides is 1. The van der Waals surface area contributed by atoms with E-state index in [4.69, 9.17) is 4.74 Å². The molecule has 1 amide bonds. The third-order valence-electron chi connectivity index (χ3n) is 3.02. The third-order valence-corrected chi connectivity index (χ3v) is 3.02. The highest BCUT2D eigenvalue weighted by molar-refractivity contribution is 6.10. The van der Waals surface area contributed by atoms with Crippen LogP contribution in [0.4, 0.5) is 4.39 Å². The third kappa shape index (κ3) is 3.42. The van der Waals surface area contributed by atoms with Crippen molar-refractivity contribution in [1.29, 1.82) is 0 Å². The van der Waals surface area contributed by atoms with Gasteiger partial charge in [0.1, 0.15) is 11.6 Å². The number of benzene rings is 1. The van der Waals surface area contributed by atoms with Crippen molar-refractivity contribution in [3.8, 4) is 5.75 Å². The number of hydrazone groups is 1. The molecule has 1 aromatic rings. The van der Waals surface area contributed by atoms with E-state index in [9.17, 15) is 9.18 Å². The van der Waals surface area contributed by atoms with Crippen LogP contribution in [0.15, 0.2) is 35.5 Å². The van der Waals surface area contributed by atoms with Crippen LogP contribution in [0.3, 0.4) is 0 Å². The lowest BCUT2D eigenvalue weighted by atomic mass is 10.0. The summed E-state index contributed by atoms with van der Waals surface area (Å²) in [6, 6.07) is 4.18. The molecule has 5 nitrogen and oxygen atoms in total. The van der Waals surface area contributed by atoms with Crippen LogP contribution in [-0.2, 0) is 4.79 Å². The van der Waals surface area contributed by atoms with Gasteiger partial charge in [-0.15, -0.1) is 0 Å². The maximum Gasteiger partial charge on any atom is 0.227 e. The summed E-state index contributed by atoms with van der Waals surface area (Å²) in [5, 5.41) is 7.13. The average molecular weight is 277 g/mol. The van der Waals surface area contributed by atoms with Gasteiger partial charge in [0.05, 0.1) is 12.8 Å². The van der Waals surface area contributed by atoms with Crippen molar-refractivity contribution in [2.45, 2.75) is 0 Å². The summed E-state index contributed by atoms with van der Waals surface area (Å²) in [6.07, 6.45) is 4.29. The lowest BCUT2D eigenvalue weighted by molar-refractivity contribution is -0.109. The molecule has 1 heterocycles. The van der Waals surface area contributed by atoms with Gasteiger partial charge in [-0.25, -0.2) is 9.82 Å². The SMILES string of the molecule is COc1cc(F)ccc1C(/C=C\C1CNC1)=N/NC=O. The predicted octanol–water partition coefficient (Wildman–Crippen LogP) is 1.06. The second kappa shape index (κ2) is 6.81. The van der Waals surface area contributed by atoms with Crippen molar-refractivity contribution < 1.29 is 13.9 Å². The Labute approximate surface area is 116 Å². The van der Waals surface area contributed by atoms with Crippen molar-refractivity contribution >= 4 is 12.1 Å². The van der Waals surface area contributed by atoms with E-state index < -0.39 is 0 Å². The molecule has 20 heavy (non-hydrogen) atoms. The van der Waals surface area contributed by atoms with Gasteiger partial charge in [0.2, 0.25) is 6.41 Å². The van der Waals surface area contributed by atoms with Crippen molar-refractivity contribution in [1.82, 2.24) is 10.7 Å². The maximum atomic E-state index is 13.2. The number of nitrogens with zero attached hydrogens (tertiary/aromatic N) is 1. The largest absolute Gasteiger partial charge is 0.496 e. The number of methoxy groups -OCH3 is 1. The summed E-state index contributed by atoms with van der Waals surface area (Å²) in [6.45, 7) is 1.84. The molecule has 0 radical (unpaired) electrons. The van der Waals surface area contributed by atoms with Crippen molar-refractivity contribution in [2.24, 2.45) is 11.0 Å². The van der Waals surface area contributed by atoms with Crippen LogP contribution in [0.2, 0.25) is 0 Å². The second-order valence-electron chi connectivity index (χ2n) is 4.37. The van der Waals surface area contributed by atoms with Crippen LogP contribution in [0.5, 0.6) is 5.75 Å². The minimum atomic E-state index is -0.388. The van der Waals surface area contributed by atoms with Crippen molar-refractivity contribution in [2.75, 3.05) is 20.2 Å². The van der Waals surface area contributed by atoms with Crippen LogP contribution in [0.25, 0.3) is 0 Å². The minimum Gasteiger partial charge on any atom is -0.496 e. The van der Waals surface area contributed by atoms with Crippen LogP contribution in [0.1, 0.15) is 5.56 Å². The lowest BCUT2D eigenvalue weighted by Gasteiger charge is -2.23. The quantitative estimate of drug-likeness (QED) is 0.464. The molecule has 0 bridgehead atoms. The molecule has 0 unspecified atom stereocenters. The van der Waals surface area contributed by atoms with Gasteiger partial charge < -0.3 is 10.1 Å². The zero-order chi connectivity index (χ0) is 14.4. The van der Waals surface area contributed by atoms with E-state index >= 15 is 0 Å². The normalized spacial score (nSPS) is 16.0. The van der Waals surface area contributed by atoms with E-state index in [1.165, 1.54) is 19.2 Å². The number of nitrogens with one attached hydrogen (secondary N) is 2. The molecule has 1 aromatic carbocycles. The molecule has 6 heteroatoms. The van der Waals surface area contributed by atoms with Crippen LogP contribution in [0, 0.1) is 11.7 Å². The molecule has 1 aliphatic rings. The summed E-state index contributed by atoms with van der Waals surface area (Å²) < 4.78 is 18.4. The summed E-state index contributed by atoms with van der Waals surface area (Å²) >= 11 is 0. The smallest absolute Gasteiger partial charge is 0.227 e. The Kier molecular flexibility index (Phi) is 4.84. The average Bonchev–Trinajstić information content (AvgIpc) is 2.41. The molecule has 0 atom stereocenters. The first-order chi connectivity index (χ1) is 9.74. The summed E-state index contributed by atoms with van der Waals surface area (Å²) in [4.78, 5) is 10.4. The van der Waals surface area contributed by atoms with E-state index in [2.05, 4.69) is 15.8 Å². The van der Waals surface area contributed by atoms with E-state index in [0.717, 1.165) is 13.1 Å². The molecular formula is C14H16FN3O2. The topological polar surface area (TPSA) is 62.7 Å². The molecule has 106 valence electrons. The first-order valence-electron chi connectivity index (χ1n) is 6.24. The molecule has 1 aliphatic heterocycles. The van der Waals surface area contributed by atoms with Gasteiger partial charge in [0, 0.05) is 30.6 Å². The molecule has 0 aliphatic carbocycles. The van der Waals surface area contributed by atoms with Crippen molar-refractivity contribution in [3.63, 3.8) is 0 Å². The monoisotopic (exact) mass is 277 g/mol. The molecule has 0 aromatic heterocycles. The number of carbonyl (C=O) groups is 1. The fourth-order valence-corrected chi connectivity index (χ4v) is 1.83. The summed E-state index contributed by atoms with van der Waals surface area (Å²) in [5.41, 5.74) is 3.40. The van der Waals surface area contributed by atoms with E-state index in [0.29, 0.717) is 29.4 Å². The number of halogens is 1. The van der Waals surface area contributed by atoms with E-state index in [-0.39, 0.29) is 5.82 Å². The highest BCUT2D eigenvalue weighted by Gasteiger charge is 2.14. The fourth-order valence-electron chi connectivity index (χ4n) is 1.83. The zero-order valence-corrected chi connectivity index (χ0v) is 11.1.